The van der Waals surface area contributed by atoms with E-state index < -0.39 is 18.8 Å². The van der Waals surface area contributed by atoms with Gasteiger partial charge >= 0.3 is 6.18 Å². The third kappa shape index (κ3) is 3.39. The minimum atomic E-state index is -4.24. The normalized spacial score (nSPS) is 14.3. The Hall–Kier alpha value is -1.01. The molecule has 1 heterocycles. The van der Waals surface area contributed by atoms with Gasteiger partial charge in [-0.15, -0.1) is 0 Å². The van der Waals surface area contributed by atoms with Crippen molar-refractivity contribution in [3.8, 4) is 0 Å². The van der Waals surface area contributed by atoms with Gasteiger partial charge in [0.1, 0.15) is 5.76 Å². The molecule has 3 N–H and O–H groups in total. The first-order valence-corrected chi connectivity index (χ1v) is 4.06. The van der Waals surface area contributed by atoms with E-state index in [1.54, 1.807) is 12.1 Å². The van der Waals surface area contributed by atoms with Crippen molar-refractivity contribution >= 4 is 0 Å². The van der Waals surface area contributed by atoms with Crippen molar-refractivity contribution in [3.63, 3.8) is 0 Å². The summed E-state index contributed by atoms with van der Waals surface area (Å²) in [6.45, 7) is -1.01. The summed E-state index contributed by atoms with van der Waals surface area (Å²) >= 11 is 0. The highest BCUT2D eigenvalue weighted by molar-refractivity contribution is 5.04. The minimum absolute atomic E-state index is 0.0591. The lowest BCUT2D eigenvalue weighted by atomic mass is 10.2. The molecule has 1 aromatic rings. The van der Waals surface area contributed by atoms with E-state index in [2.05, 4.69) is 5.32 Å². The van der Waals surface area contributed by atoms with Crippen LogP contribution in [0, 0.1) is 0 Å². The van der Waals surface area contributed by atoms with Gasteiger partial charge in [-0.2, -0.15) is 13.2 Å². The minimum Gasteiger partial charge on any atom is -0.468 e. The van der Waals surface area contributed by atoms with Gasteiger partial charge < -0.3 is 10.2 Å². The smallest absolute Gasteiger partial charge is 0.401 e. The van der Waals surface area contributed by atoms with Crippen molar-refractivity contribution in [1.82, 2.24) is 5.32 Å². The molecule has 0 radical (unpaired) electrons. The maximum Gasteiger partial charge on any atom is 0.401 e. The number of halogens is 3. The number of furan rings is 1. The van der Waals surface area contributed by atoms with Crippen LogP contribution in [0.5, 0.6) is 0 Å². The van der Waals surface area contributed by atoms with Crippen LogP contribution < -0.4 is 11.1 Å². The molecule has 0 aliphatic rings. The highest BCUT2D eigenvalue weighted by atomic mass is 19.4. The molecule has 0 saturated heterocycles. The Morgan fingerprint density at radius 3 is 2.64 bits per heavy atom. The average Bonchev–Trinajstić information content (AvgIpc) is 2.56. The largest absolute Gasteiger partial charge is 0.468 e. The number of hydrogen-bond donors (Lipinski definition) is 2. The van der Waals surface area contributed by atoms with Gasteiger partial charge in [0.2, 0.25) is 0 Å². The van der Waals surface area contributed by atoms with E-state index >= 15 is 0 Å². The van der Waals surface area contributed by atoms with Crippen LogP contribution in [0.3, 0.4) is 0 Å². The molecule has 0 aliphatic heterocycles. The van der Waals surface area contributed by atoms with E-state index in [0.717, 1.165) is 0 Å². The van der Waals surface area contributed by atoms with E-state index in [1.165, 1.54) is 6.26 Å². The first-order valence-electron chi connectivity index (χ1n) is 4.06. The SMILES string of the molecule is NCC(NCC(F)(F)F)c1ccco1. The maximum atomic E-state index is 11.9. The van der Waals surface area contributed by atoms with Gasteiger partial charge in [-0.1, -0.05) is 0 Å². The second-order valence-corrected chi connectivity index (χ2v) is 2.80. The number of alkyl halides is 3. The molecule has 6 heteroatoms. The predicted molar refractivity (Wildman–Crippen MR) is 44.6 cm³/mol. The fourth-order valence-corrected chi connectivity index (χ4v) is 1.03. The van der Waals surface area contributed by atoms with Crippen molar-refractivity contribution < 1.29 is 17.6 Å². The van der Waals surface area contributed by atoms with Crippen molar-refractivity contribution in [1.29, 1.82) is 0 Å². The van der Waals surface area contributed by atoms with Gasteiger partial charge in [0, 0.05) is 6.54 Å². The molecular formula is C8H11F3N2O. The Morgan fingerprint density at radius 1 is 1.50 bits per heavy atom. The van der Waals surface area contributed by atoms with E-state index in [9.17, 15) is 13.2 Å². The molecule has 0 aliphatic carbocycles. The van der Waals surface area contributed by atoms with Crippen molar-refractivity contribution in [3.05, 3.63) is 24.2 Å². The Morgan fingerprint density at radius 2 is 2.21 bits per heavy atom. The summed E-state index contributed by atoms with van der Waals surface area (Å²) in [6, 6.07) is 2.60. The van der Waals surface area contributed by atoms with Crippen molar-refractivity contribution in [2.75, 3.05) is 13.1 Å². The molecule has 0 fully saturated rings. The third-order valence-electron chi connectivity index (χ3n) is 1.67. The van der Waals surface area contributed by atoms with Crippen LogP contribution in [-0.2, 0) is 0 Å². The first-order chi connectivity index (χ1) is 6.53. The summed E-state index contributed by atoms with van der Waals surface area (Å²) in [5.74, 6) is 0.414. The molecule has 1 rings (SSSR count). The van der Waals surface area contributed by atoms with Crippen LogP contribution >= 0.6 is 0 Å². The van der Waals surface area contributed by atoms with E-state index in [0.29, 0.717) is 5.76 Å². The van der Waals surface area contributed by atoms with Crippen LogP contribution in [0.25, 0.3) is 0 Å². The number of rotatable bonds is 4. The molecule has 0 spiro atoms. The molecule has 14 heavy (non-hydrogen) atoms. The monoisotopic (exact) mass is 208 g/mol. The van der Waals surface area contributed by atoms with Gasteiger partial charge in [0.15, 0.2) is 0 Å². The molecule has 0 bridgehead atoms. The van der Waals surface area contributed by atoms with Gasteiger partial charge in [-0.05, 0) is 12.1 Å². The fraction of sp³-hybridized carbons (Fsp3) is 0.500. The number of hydrogen-bond acceptors (Lipinski definition) is 3. The fourth-order valence-electron chi connectivity index (χ4n) is 1.03. The quantitative estimate of drug-likeness (QED) is 0.787. The van der Waals surface area contributed by atoms with Gasteiger partial charge in [0.25, 0.3) is 0 Å². The second-order valence-electron chi connectivity index (χ2n) is 2.80. The lowest BCUT2D eigenvalue weighted by Crippen LogP contribution is -2.35. The average molecular weight is 208 g/mol. The zero-order valence-corrected chi connectivity index (χ0v) is 7.34. The summed E-state index contributed by atoms with van der Waals surface area (Å²) in [7, 11) is 0. The number of nitrogens with one attached hydrogen (secondary N) is 1. The highest BCUT2D eigenvalue weighted by Crippen LogP contribution is 2.16. The lowest BCUT2D eigenvalue weighted by molar-refractivity contribution is -0.126. The molecule has 1 unspecified atom stereocenters. The zero-order chi connectivity index (χ0) is 10.6. The molecule has 0 amide bonds. The Balaban J connectivity index is 2.49. The van der Waals surface area contributed by atoms with E-state index in [1.807, 2.05) is 0 Å². The maximum absolute atomic E-state index is 11.9. The second kappa shape index (κ2) is 4.47. The van der Waals surface area contributed by atoms with Crippen LogP contribution in [-0.4, -0.2) is 19.3 Å². The van der Waals surface area contributed by atoms with Crippen LogP contribution in [0.2, 0.25) is 0 Å². The molecule has 0 saturated carbocycles. The summed E-state index contributed by atoms with van der Waals surface area (Å²) in [5, 5.41) is 2.27. The molecular weight excluding hydrogens is 197 g/mol. The summed E-state index contributed by atoms with van der Waals surface area (Å²) in [5.41, 5.74) is 5.30. The highest BCUT2D eigenvalue weighted by Gasteiger charge is 2.28. The zero-order valence-electron chi connectivity index (χ0n) is 7.34. The predicted octanol–water partition coefficient (Wildman–Crippen LogP) is 1.43. The Kier molecular flexibility index (Phi) is 3.54. The van der Waals surface area contributed by atoms with Crippen molar-refractivity contribution in [2.24, 2.45) is 5.73 Å². The Labute approximate surface area is 79.1 Å². The summed E-state index contributed by atoms with van der Waals surface area (Å²) in [6.07, 6.45) is -2.84. The van der Waals surface area contributed by atoms with Crippen molar-refractivity contribution in [2.45, 2.75) is 12.2 Å². The third-order valence-corrected chi connectivity index (χ3v) is 1.67. The van der Waals surface area contributed by atoms with E-state index in [-0.39, 0.29) is 6.54 Å². The Bertz CT molecular complexity index is 258. The molecule has 3 nitrogen and oxygen atoms in total. The lowest BCUT2D eigenvalue weighted by Gasteiger charge is -2.15. The van der Waals surface area contributed by atoms with Gasteiger partial charge in [-0.3, -0.25) is 5.32 Å². The summed E-state index contributed by atoms with van der Waals surface area (Å²) in [4.78, 5) is 0. The number of nitrogens with two attached hydrogens (primary N) is 1. The van der Waals surface area contributed by atoms with Gasteiger partial charge in [0.05, 0.1) is 18.8 Å². The standard InChI is InChI=1S/C8H11F3N2O/c9-8(10,11)5-13-6(4-12)7-2-1-3-14-7/h1-3,6,13H,4-5,12H2. The molecule has 0 aromatic carbocycles. The topological polar surface area (TPSA) is 51.2 Å². The molecule has 1 atom stereocenters. The van der Waals surface area contributed by atoms with Gasteiger partial charge in [-0.25, -0.2) is 0 Å². The molecule has 1 aromatic heterocycles. The van der Waals surface area contributed by atoms with Crippen LogP contribution in [0.4, 0.5) is 13.2 Å². The molecule has 80 valence electrons. The summed E-state index contributed by atoms with van der Waals surface area (Å²) < 4.78 is 40.5. The van der Waals surface area contributed by atoms with Crippen LogP contribution in [0.1, 0.15) is 11.8 Å². The van der Waals surface area contributed by atoms with E-state index in [4.69, 9.17) is 10.2 Å². The first kappa shape index (κ1) is 11.1. The van der Waals surface area contributed by atoms with Crippen LogP contribution in [0.15, 0.2) is 22.8 Å².